The van der Waals surface area contributed by atoms with Crippen LogP contribution in [0.4, 0.5) is 16.3 Å². The van der Waals surface area contributed by atoms with E-state index in [1.54, 1.807) is 19.1 Å². The Hall–Kier alpha value is -4.20. The lowest BCUT2D eigenvalue weighted by Gasteiger charge is -2.15. The van der Waals surface area contributed by atoms with E-state index in [9.17, 15) is 4.79 Å². The van der Waals surface area contributed by atoms with Crippen molar-refractivity contribution in [3.05, 3.63) is 88.8 Å². The van der Waals surface area contributed by atoms with Gasteiger partial charge in [-0.3, -0.25) is 10.7 Å². The highest BCUT2D eigenvalue weighted by molar-refractivity contribution is 6.17. The first-order valence-electron chi connectivity index (χ1n) is 10.2. The number of hydrogen-bond donors (Lipinski definition) is 4. The maximum Gasteiger partial charge on any atom is 0.320 e. The second-order valence-electron chi connectivity index (χ2n) is 7.51. The summed E-state index contributed by atoms with van der Waals surface area (Å²) in [4.78, 5) is 21.0. The van der Waals surface area contributed by atoms with Crippen molar-refractivity contribution >= 4 is 29.3 Å². The maximum atomic E-state index is 12.4. The minimum absolute atomic E-state index is 0.167. The van der Waals surface area contributed by atoms with Crippen LogP contribution in [-0.4, -0.2) is 21.7 Å². The van der Waals surface area contributed by atoms with Crippen molar-refractivity contribution in [3.63, 3.8) is 0 Å². The lowest BCUT2D eigenvalue weighted by Crippen LogP contribution is -2.31. The number of allylic oxidation sites excluding steroid dienone is 3. The van der Waals surface area contributed by atoms with E-state index in [0.717, 1.165) is 11.3 Å². The molecule has 2 heterocycles. The van der Waals surface area contributed by atoms with Crippen LogP contribution < -0.4 is 16.4 Å². The number of aromatic nitrogens is 2. The number of nitrogens with two attached hydrogens (primary N) is 1. The average molecular weight is 428 g/mol. The highest BCUT2D eigenvalue weighted by atomic mass is 16.4. The summed E-state index contributed by atoms with van der Waals surface area (Å²) >= 11 is 0. The van der Waals surface area contributed by atoms with Gasteiger partial charge in [0.1, 0.15) is 5.82 Å². The summed E-state index contributed by atoms with van der Waals surface area (Å²) in [6.07, 6.45) is 7.68. The number of benzene rings is 1. The predicted molar refractivity (Wildman–Crippen MR) is 125 cm³/mol. The number of amides is 2. The molecule has 1 aliphatic carbocycles. The van der Waals surface area contributed by atoms with Crippen LogP contribution in [0.2, 0.25) is 0 Å². The van der Waals surface area contributed by atoms with Crippen LogP contribution in [0, 0.1) is 12.3 Å². The Labute approximate surface area is 185 Å². The largest absolute Gasteiger partial charge is 0.441 e. The third-order valence-electron chi connectivity index (χ3n) is 5.11. The lowest BCUT2D eigenvalue weighted by molar-refractivity contribution is 0.249. The minimum atomic E-state index is -0.390. The second kappa shape index (κ2) is 8.89. The Morgan fingerprint density at radius 1 is 1.28 bits per heavy atom. The topological polar surface area (TPSA) is 130 Å². The summed E-state index contributed by atoms with van der Waals surface area (Å²) in [7, 11) is 0. The van der Waals surface area contributed by atoms with Gasteiger partial charge in [-0.2, -0.15) is 0 Å². The highest BCUT2D eigenvalue weighted by Gasteiger charge is 2.17. The second-order valence-corrected chi connectivity index (χ2v) is 7.51. The Morgan fingerprint density at radius 2 is 2.06 bits per heavy atom. The number of pyridine rings is 1. The highest BCUT2D eigenvalue weighted by Crippen LogP contribution is 2.24. The first-order valence-corrected chi connectivity index (χ1v) is 10.2. The van der Waals surface area contributed by atoms with Crippen LogP contribution in [-0.2, 0) is 6.42 Å². The predicted octanol–water partition coefficient (Wildman–Crippen LogP) is 4.41. The van der Waals surface area contributed by atoms with Gasteiger partial charge in [0.25, 0.3) is 0 Å². The lowest BCUT2D eigenvalue weighted by atomic mass is 10.0. The van der Waals surface area contributed by atoms with Crippen molar-refractivity contribution in [3.8, 4) is 0 Å². The zero-order valence-corrected chi connectivity index (χ0v) is 17.8. The molecular formula is C24H24N6O2. The maximum absolute atomic E-state index is 12.4. The van der Waals surface area contributed by atoms with Crippen LogP contribution >= 0.6 is 0 Å². The number of hydrogen-bond acceptors (Lipinski definition) is 6. The SMILES string of the molecule is Cc1nc2c(o1)C=C(C(=N)c1cnc(NC(=O)N[C@H](C)c3ccccc3)cc1N)C=CC2. The summed E-state index contributed by atoms with van der Waals surface area (Å²) in [5.74, 6) is 1.53. The molecule has 1 aliphatic rings. The Morgan fingerprint density at radius 3 is 2.81 bits per heavy atom. The van der Waals surface area contributed by atoms with Crippen LogP contribution in [0.5, 0.6) is 0 Å². The number of anilines is 2. The number of oxazole rings is 1. The quantitative estimate of drug-likeness (QED) is 0.447. The van der Waals surface area contributed by atoms with E-state index in [2.05, 4.69) is 20.6 Å². The molecule has 2 aromatic heterocycles. The van der Waals surface area contributed by atoms with E-state index in [1.165, 1.54) is 6.20 Å². The third-order valence-corrected chi connectivity index (χ3v) is 5.11. The van der Waals surface area contributed by atoms with Crippen LogP contribution in [0.15, 0.2) is 64.7 Å². The fraction of sp³-hybridized carbons (Fsp3) is 0.167. The van der Waals surface area contributed by atoms with Crippen molar-refractivity contribution in [1.29, 1.82) is 5.41 Å². The van der Waals surface area contributed by atoms with Crippen molar-refractivity contribution in [1.82, 2.24) is 15.3 Å². The van der Waals surface area contributed by atoms with Crippen molar-refractivity contribution in [2.75, 3.05) is 11.1 Å². The molecule has 162 valence electrons. The first-order chi connectivity index (χ1) is 15.4. The Bertz CT molecular complexity index is 1230. The number of aryl methyl sites for hydroxylation is 1. The van der Waals surface area contributed by atoms with Gasteiger partial charge < -0.3 is 15.5 Å². The molecular weight excluding hydrogens is 404 g/mol. The number of nitrogens with one attached hydrogen (secondary N) is 3. The number of urea groups is 1. The van der Waals surface area contributed by atoms with Crippen LogP contribution in [0.25, 0.3) is 6.08 Å². The molecule has 1 aromatic carbocycles. The number of rotatable bonds is 5. The smallest absolute Gasteiger partial charge is 0.320 e. The molecule has 0 unspecified atom stereocenters. The summed E-state index contributed by atoms with van der Waals surface area (Å²) in [5, 5.41) is 14.2. The molecule has 8 nitrogen and oxygen atoms in total. The molecule has 8 heteroatoms. The van der Waals surface area contributed by atoms with Gasteiger partial charge in [0.15, 0.2) is 11.7 Å². The number of fused-ring (bicyclic) bond motifs is 1. The molecule has 4 rings (SSSR count). The van der Waals surface area contributed by atoms with Gasteiger partial charge in [-0.05, 0) is 18.6 Å². The van der Waals surface area contributed by atoms with Crippen molar-refractivity contribution in [2.45, 2.75) is 26.3 Å². The van der Waals surface area contributed by atoms with Crippen molar-refractivity contribution < 1.29 is 9.21 Å². The standard InChI is InChI=1S/C24H24N6O2/c1-14(16-7-4-3-5-8-16)28-24(31)30-22-12-19(25)18(13-27-22)23(26)17-9-6-10-20-21(11-17)32-15(2)29-20/h3-9,11-14,26H,10H2,1-2H3,(H4,25,27,28,30,31)/t14-/m1/s1. The number of carbonyl (C=O) groups excluding carboxylic acids is 1. The van der Waals surface area contributed by atoms with E-state index in [1.807, 2.05) is 49.4 Å². The van der Waals surface area contributed by atoms with E-state index < -0.39 is 6.03 Å². The average Bonchev–Trinajstić information content (AvgIpc) is 3.00. The fourth-order valence-electron chi connectivity index (χ4n) is 3.47. The van der Waals surface area contributed by atoms with Gasteiger partial charge in [-0.25, -0.2) is 14.8 Å². The van der Waals surface area contributed by atoms with Gasteiger partial charge in [0.05, 0.1) is 17.4 Å². The molecule has 0 aliphatic heterocycles. The van der Waals surface area contributed by atoms with Crippen molar-refractivity contribution in [2.24, 2.45) is 0 Å². The third kappa shape index (κ3) is 4.59. The molecule has 0 saturated heterocycles. The van der Waals surface area contributed by atoms with Gasteiger partial charge >= 0.3 is 6.03 Å². The van der Waals surface area contributed by atoms with Crippen LogP contribution in [0.1, 0.15) is 41.4 Å². The van der Waals surface area contributed by atoms with E-state index >= 15 is 0 Å². The summed E-state index contributed by atoms with van der Waals surface area (Å²) in [6, 6.07) is 10.6. The van der Waals surface area contributed by atoms with Gasteiger partial charge in [0, 0.05) is 42.4 Å². The zero-order chi connectivity index (χ0) is 22.7. The zero-order valence-electron chi connectivity index (χ0n) is 17.8. The first kappa shape index (κ1) is 21.0. The molecule has 0 spiro atoms. The fourth-order valence-corrected chi connectivity index (χ4v) is 3.47. The van der Waals surface area contributed by atoms with Gasteiger partial charge in [-0.1, -0.05) is 42.5 Å². The summed E-state index contributed by atoms with van der Waals surface area (Å²) < 4.78 is 5.63. The van der Waals surface area contributed by atoms with Gasteiger partial charge in [0.2, 0.25) is 0 Å². The molecule has 0 fully saturated rings. The molecule has 2 amide bonds. The normalized spacial score (nSPS) is 13.5. The number of carbonyl (C=O) groups is 1. The Kier molecular flexibility index (Phi) is 5.85. The van der Waals surface area contributed by atoms with E-state index in [-0.39, 0.29) is 11.8 Å². The summed E-state index contributed by atoms with van der Waals surface area (Å²) in [6.45, 7) is 3.69. The molecule has 1 atom stereocenters. The molecule has 3 aromatic rings. The number of nitrogens with zero attached hydrogens (tertiary/aromatic N) is 2. The number of nitrogen functional groups attached to an aromatic ring is 1. The Balaban J connectivity index is 1.47. The monoisotopic (exact) mass is 428 g/mol. The molecule has 0 bridgehead atoms. The van der Waals surface area contributed by atoms with Gasteiger partial charge in [-0.15, -0.1) is 0 Å². The molecule has 0 radical (unpaired) electrons. The minimum Gasteiger partial charge on any atom is -0.441 e. The van der Waals surface area contributed by atoms with E-state index in [0.29, 0.717) is 40.7 Å². The van der Waals surface area contributed by atoms with E-state index in [4.69, 9.17) is 15.6 Å². The molecule has 32 heavy (non-hydrogen) atoms. The van der Waals surface area contributed by atoms with Crippen LogP contribution in [0.3, 0.4) is 0 Å². The summed E-state index contributed by atoms with van der Waals surface area (Å²) in [5.41, 5.74) is 9.68. The molecule has 5 N–H and O–H groups in total. The molecule has 0 saturated carbocycles.